The largest absolute Gasteiger partial charge is 0.507 e. The third-order valence-electron chi connectivity index (χ3n) is 3.49. The van der Waals surface area contributed by atoms with Gasteiger partial charge in [0.25, 0.3) is 5.91 Å². The van der Waals surface area contributed by atoms with Gasteiger partial charge in [0, 0.05) is 25.6 Å². The van der Waals surface area contributed by atoms with Crippen LogP contribution in [-0.4, -0.2) is 42.2 Å². The number of amides is 1. The molecule has 5 nitrogen and oxygen atoms in total. The number of ether oxygens (including phenoxy) is 1. The summed E-state index contributed by atoms with van der Waals surface area (Å²) in [4.78, 5) is 13.9. The van der Waals surface area contributed by atoms with Crippen LogP contribution in [0.1, 0.15) is 23.2 Å². The minimum Gasteiger partial charge on any atom is -0.507 e. The zero-order chi connectivity index (χ0) is 15.2. The molecule has 1 aromatic carbocycles. The van der Waals surface area contributed by atoms with E-state index >= 15 is 0 Å². The Morgan fingerprint density at radius 2 is 2.38 bits per heavy atom. The van der Waals surface area contributed by atoms with E-state index in [4.69, 9.17) is 10.00 Å². The molecule has 1 aromatic rings. The molecule has 0 unspecified atom stereocenters. The molecule has 112 valence electrons. The number of benzene rings is 1. The van der Waals surface area contributed by atoms with E-state index < -0.39 is 11.7 Å². The molecular weight excluding hydrogens is 275 g/mol. The molecule has 1 atom stereocenters. The van der Waals surface area contributed by atoms with Crippen molar-refractivity contribution < 1.29 is 19.0 Å². The standard InChI is InChI=1S/C15H17FN2O3/c16-12-3-1-4-13(19)14(12)15(20)18(7-2-6-17)9-11-5-8-21-10-11/h1,3-4,11,19H,2,5,7-10H2/t11-/m0/s1. The van der Waals surface area contributed by atoms with Crippen molar-refractivity contribution in [1.82, 2.24) is 4.90 Å². The summed E-state index contributed by atoms with van der Waals surface area (Å²) in [5, 5.41) is 18.4. The third kappa shape index (κ3) is 3.70. The lowest BCUT2D eigenvalue weighted by Gasteiger charge is -2.25. The van der Waals surface area contributed by atoms with Gasteiger partial charge in [0.05, 0.1) is 19.1 Å². The first-order valence-corrected chi connectivity index (χ1v) is 6.85. The fourth-order valence-corrected chi connectivity index (χ4v) is 2.38. The fraction of sp³-hybridized carbons (Fsp3) is 0.467. The van der Waals surface area contributed by atoms with Crippen molar-refractivity contribution in [2.45, 2.75) is 12.8 Å². The normalized spacial score (nSPS) is 17.4. The van der Waals surface area contributed by atoms with Gasteiger partial charge >= 0.3 is 0 Å². The Bertz CT molecular complexity index is 530. The molecule has 1 heterocycles. The van der Waals surface area contributed by atoms with Crippen LogP contribution < -0.4 is 0 Å². The van der Waals surface area contributed by atoms with Crippen LogP contribution >= 0.6 is 0 Å². The first kappa shape index (κ1) is 15.3. The van der Waals surface area contributed by atoms with E-state index in [9.17, 15) is 14.3 Å². The Labute approximate surface area is 122 Å². The maximum Gasteiger partial charge on any atom is 0.260 e. The van der Waals surface area contributed by atoms with Crippen molar-refractivity contribution in [3.8, 4) is 11.8 Å². The van der Waals surface area contributed by atoms with Crippen LogP contribution in [0, 0.1) is 23.1 Å². The number of hydrogen-bond acceptors (Lipinski definition) is 4. The number of rotatable bonds is 5. The van der Waals surface area contributed by atoms with E-state index in [-0.39, 0.29) is 30.2 Å². The van der Waals surface area contributed by atoms with Gasteiger partial charge < -0.3 is 14.7 Å². The summed E-state index contributed by atoms with van der Waals surface area (Å²) in [7, 11) is 0. The molecule has 6 heteroatoms. The molecular formula is C15H17FN2O3. The van der Waals surface area contributed by atoms with Gasteiger partial charge in [-0.3, -0.25) is 4.79 Å². The first-order valence-electron chi connectivity index (χ1n) is 6.85. The Kier molecular flexibility index (Phi) is 5.12. The van der Waals surface area contributed by atoms with Crippen LogP contribution in [0.3, 0.4) is 0 Å². The molecule has 2 rings (SSSR count). The van der Waals surface area contributed by atoms with E-state index in [1.165, 1.54) is 17.0 Å². The van der Waals surface area contributed by atoms with Gasteiger partial charge in [0.1, 0.15) is 17.1 Å². The van der Waals surface area contributed by atoms with Gasteiger partial charge in [-0.25, -0.2) is 4.39 Å². The van der Waals surface area contributed by atoms with Crippen LogP contribution in [0.15, 0.2) is 18.2 Å². The molecule has 0 saturated carbocycles. The predicted octanol–water partition coefficient (Wildman–Crippen LogP) is 1.92. The van der Waals surface area contributed by atoms with Crippen molar-refractivity contribution in [3.63, 3.8) is 0 Å². The molecule has 1 N–H and O–H groups in total. The molecule has 1 aliphatic rings. The molecule has 1 fully saturated rings. The van der Waals surface area contributed by atoms with Crippen molar-refractivity contribution in [3.05, 3.63) is 29.6 Å². The molecule has 0 radical (unpaired) electrons. The van der Waals surface area contributed by atoms with E-state index in [0.29, 0.717) is 19.8 Å². The third-order valence-corrected chi connectivity index (χ3v) is 3.49. The van der Waals surface area contributed by atoms with Gasteiger partial charge in [-0.2, -0.15) is 5.26 Å². The molecule has 1 aliphatic heterocycles. The van der Waals surface area contributed by atoms with Crippen molar-refractivity contribution in [2.75, 3.05) is 26.3 Å². The first-order chi connectivity index (χ1) is 10.1. The van der Waals surface area contributed by atoms with Crippen molar-refractivity contribution in [2.24, 2.45) is 5.92 Å². The summed E-state index contributed by atoms with van der Waals surface area (Å²) < 4.78 is 19.1. The number of aromatic hydroxyl groups is 1. The number of nitrogens with zero attached hydrogens (tertiary/aromatic N) is 2. The Balaban J connectivity index is 2.18. The summed E-state index contributed by atoms with van der Waals surface area (Å²) in [5.74, 6) is -1.55. The fourth-order valence-electron chi connectivity index (χ4n) is 2.38. The zero-order valence-corrected chi connectivity index (χ0v) is 11.6. The Morgan fingerprint density at radius 3 is 3.00 bits per heavy atom. The molecule has 0 aromatic heterocycles. The SMILES string of the molecule is N#CCCN(C[C@@H]1CCOC1)C(=O)c1c(O)cccc1F. The summed E-state index contributed by atoms with van der Waals surface area (Å²) in [6.07, 6.45) is 0.994. The summed E-state index contributed by atoms with van der Waals surface area (Å²) in [6.45, 7) is 1.81. The van der Waals surface area contributed by atoms with Gasteiger partial charge in [-0.05, 0) is 18.6 Å². The highest BCUT2D eigenvalue weighted by molar-refractivity contribution is 5.97. The van der Waals surface area contributed by atoms with Crippen molar-refractivity contribution in [1.29, 1.82) is 5.26 Å². The van der Waals surface area contributed by atoms with Gasteiger partial charge in [0.15, 0.2) is 0 Å². The summed E-state index contributed by atoms with van der Waals surface area (Å²) >= 11 is 0. The second kappa shape index (κ2) is 7.04. The highest BCUT2D eigenvalue weighted by Crippen LogP contribution is 2.23. The highest BCUT2D eigenvalue weighted by Gasteiger charge is 2.26. The Morgan fingerprint density at radius 1 is 1.57 bits per heavy atom. The number of phenolic OH excluding ortho intramolecular Hbond substituents is 1. The molecule has 0 spiro atoms. The maximum absolute atomic E-state index is 13.8. The summed E-state index contributed by atoms with van der Waals surface area (Å²) in [6, 6.07) is 5.72. The van der Waals surface area contributed by atoms with E-state index in [2.05, 4.69) is 0 Å². The smallest absolute Gasteiger partial charge is 0.260 e. The highest BCUT2D eigenvalue weighted by atomic mass is 19.1. The van der Waals surface area contributed by atoms with E-state index in [1.807, 2.05) is 6.07 Å². The van der Waals surface area contributed by atoms with Crippen LogP contribution in [-0.2, 0) is 4.74 Å². The predicted molar refractivity (Wildman–Crippen MR) is 73.1 cm³/mol. The van der Waals surface area contributed by atoms with Crippen LogP contribution in [0.2, 0.25) is 0 Å². The van der Waals surface area contributed by atoms with Crippen molar-refractivity contribution >= 4 is 5.91 Å². The van der Waals surface area contributed by atoms with Crippen LogP contribution in [0.25, 0.3) is 0 Å². The van der Waals surface area contributed by atoms with Gasteiger partial charge in [0.2, 0.25) is 0 Å². The number of hydrogen-bond donors (Lipinski definition) is 1. The number of phenols is 1. The number of carbonyl (C=O) groups is 1. The minimum atomic E-state index is -0.760. The number of nitriles is 1. The van der Waals surface area contributed by atoms with E-state index in [0.717, 1.165) is 12.5 Å². The lowest BCUT2D eigenvalue weighted by Crippen LogP contribution is -2.37. The van der Waals surface area contributed by atoms with E-state index in [1.54, 1.807) is 0 Å². The van der Waals surface area contributed by atoms with Gasteiger partial charge in [-0.1, -0.05) is 6.07 Å². The lowest BCUT2D eigenvalue weighted by atomic mass is 10.1. The number of halogens is 1. The molecule has 1 amide bonds. The summed E-state index contributed by atoms with van der Waals surface area (Å²) in [5.41, 5.74) is -0.339. The zero-order valence-electron chi connectivity index (χ0n) is 11.6. The average molecular weight is 292 g/mol. The van der Waals surface area contributed by atoms with Crippen LogP contribution in [0.4, 0.5) is 4.39 Å². The number of carbonyl (C=O) groups excluding carboxylic acids is 1. The maximum atomic E-state index is 13.8. The molecule has 0 bridgehead atoms. The molecule has 1 saturated heterocycles. The average Bonchev–Trinajstić information content (AvgIpc) is 2.96. The second-order valence-corrected chi connectivity index (χ2v) is 5.02. The monoisotopic (exact) mass is 292 g/mol. The second-order valence-electron chi connectivity index (χ2n) is 5.02. The topological polar surface area (TPSA) is 73.6 Å². The molecule has 0 aliphatic carbocycles. The minimum absolute atomic E-state index is 0.161. The lowest BCUT2D eigenvalue weighted by molar-refractivity contribution is 0.0716. The molecule has 21 heavy (non-hydrogen) atoms. The quantitative estimate of drug-likeness (QED) is 0.900. The van der Waals surface area contributed by atoms with Gasteiger partial charge in [-0.15, -0.1) is 0 Å². The Hall–Kier alpha value is -2.13. The van der Waals surface area contributed by atoms with Crippen LogP contribution in [0.5, 0.6) is 5.75 Å².